The molecule has 0 aliphatic heterocycles. The normalized spacial score (nSPS) is 10.6. The van der Waals surface area contributed by atoms with Crippen molar-refractivity contribution in [2.75, 3.05) is 5.32 Å². The zero-order valence-electron chi connectivity index (χ0n) is 12.4. The summed E-state index contributed by atoms with van der Waals surface area (Å²) in [5, 5.41) is 9.36. The van der Waals surface area contributed by atoms with Crippen molar-refractivity contribution in [3.05, 3.63) is 66.4 Å². The molecule has 0 spiro atoms. The van der Waals surface area contributed by atoms with Crippen LogP contribution >= 0.6 is 0 Å². The number of alkyl halides is 2. The second kappa shape index (κ2) is 6.91. The second-order valence-corrected chi connectivity index (χ2v) is 4.89. The summed E-state index contributed by atoms with van der Waals surface area (Å²) in [6.45, 7) is -2.92. The fraction of sp³-hybridized carbons (Fsp3) is 0.0588. The first kappa shape index (κ1) is 15.7. The zero-order valence-corrected chi connectivity index (χ0v) is 12.4. The Hall–Kier alpha value is -3.22. The van der Waals surface area contributed by atoms with Crippen LogP contribution in [0.1, 0.15) is 10.5 Å². The summed E-state index contributed by atoms with van der Waals surface area (Å²) in [6.07, 6.45) is 0. The van der Waals surface area contributed by atoms with Gasteiger partial charge in [-0.1, -0.05) is 36.4 Å². The Labute approximate surface area is 136 Å². The van der Waals surface area contributed by atoms with Gasteiger partial charge in [-0.2, -0.15) is 13.9 Å². The molecule has 2 aromatic carbocycles. The predicted octanol–water partition coefficient (Wildman–Crippen LogP) is 3.93. The van der Waals surface area contributed by atoms with Gasteiger partial charge in [0.15, 0.2) is 0 Å². The van der Waals surface area contributed by atoms with E-state index in [2.05, 4.69) is 20.3 Å². The molecule has 0 atom stereocenters. The summed E-state index contributed by atoms with van der Waals surface area (Å²) < 4.78 is 28.7. The van der Waals surface area contributed by atoms with E-state index in [4.69, 9.17) is 0 Å². The van der Waals surface area contributed by atoms with Gasteiger partial charge in [-0.15, -0.1) is 0 Å². The first-order valence-corrected chi connectivity index (χ1v) is 7.09. The van der Waals surface area contributed by atoms with Gasteiger partial charge in [-0.05, 0) is 18.2 Å². The molecule has 5 nitrogen and oxygen atoms in total. The Bertz CT molecular complexity index is 835. The number of aromatic amines is 1. The number of benzene rings is 2. The highest BCUT2D eigenvalue weighted by Crippen LogP contribution is 2.21. The number of rotatable bonds is 5. The Morgan fingerprint density at radius 1 is 1.08 bits per heavy atom. The van der Waals surface area contributed by atoms with Crippen LogP contribution in [0.15, 0.2) is 60.7 Å². The molecule has 0 aliphatic rings. The molecule has 3 rings (SSSR count). The molecule has 1 amide bonds. The number of nitrogens with one attached hydrogen (secondary N) is 2. The van der Waals surface area contributed by atoms with Crippen molar-refractivity contribution in [2.24, 2.45) is 0 Å². The lowest BCUT2D eigenvalue weighted by molar-refractivity contribution is -0.0497. The summed E-state index contributed by atoms with van der Waals surface area (Å²) in [5.41, 5.74) is 2.11. The molecule has 1 aromatic heterocycles. The van der Waals surface area contributed by atoms with Crippen LogP contribution in [0.2, 0.25) is 0 Å². The quantitative estimate of drug-likeness (QED) is 0.745. The van der Waals surface area contributed by atoms with Crippen LogP contribution in [0.25, 0.3) is 11.3 Å². The minimum atomic E-state index is -2.92. The molecule has 0 fully saturated rings. The summed E-state index contributed by atoms with van der Waals surface area (Å²) in [7, 11) is 0. The summed E-state index contributed by atoms with van der Waals surface area (Å²) in [6, 6.07) is 16.8. The van der Waals surface area contributed by atoms with Gasteiger partial charge in [-0.25, -0.2) is 0 Å². The SMILES string of the molecule is O=C(Nc1cccc(OC(F)F)c1)c1cc(-c2ccccc2)n[nH]1. The number of amides is 1. The van der Waals surface area contributed by atoms with Crippen molar-refractivity contribution in [1.82, 2.24) is 10.2 Å². The molecule has 0 aliphatic carbocycles. The molecule has 0 saturated carbocycles. The number of hydrogen-bond acceptors (Lipinski definition) is 3. The van der Waals surface area contributed by atoms with Crippen LogP contribution in [0.4, 0.5) is 14.5 Å². The maximum absolute atomic E-state index is 12.2. The van der Waals surface area contributed by atoms with E-state index in [1.54, 1.807) is 12.1 Å². The van der Waals surface area contributed by atoms with Crippen molar-refractivity contribution in [3.63, 3.8) is 0 Å². The van der Waals surface area contributed by atoms with E-state index >= 15 is 0 Å². The third-order valence-electron chi connectivity index (χ3n) is 3.21. The molecule has 0 saturated heterocycles. The lowest BCUT2D eigenvalue weighted by Gasteiger charge is -2.07. The lowest BCUT2D eigenvalue weighted by Crippen LogP contribution is -2.12. The second-order valence-electron chi connectivity index (χ2n) is 4.89. The van der Waals surface area contributed by atoms with E-state index in [0.717, 1.165) is 5.56 Å². The van der Waals surface area contributed by atoms with Crippen LogP contribution in [0.5, 0.6) is 5.75 Å². The maximum atomic E-state index is 12.2. The molecule has 0 radical (unpaired) electrons. The minimum Gasteiger partial charge on any atom is -0.435 e. The highest BCUT2D eigenvalue weighted by atomic mass is 19.3. The van der Waals surface area contributed by atoms with Gasteiger partial charge in [0.1, 0.15) is 11.4 Å². The number of aromatic nitrogens is 2. The average Bonchev–Trinajstić information content (AvgIpc) is 3.05. The van der Waals surface area contributed by atoms with Gasteiger partial charge < -0.3 is 10.1 Å². The molecular formula is C17H13F2N3O2. The number of H-pyrrole nitrogens is 1. The third-order valence-corrected chi connectivity index (χ3v) is 3.21. The van der Waals surface area contributed by atoms with Gasteiger partial charge in [0.25, 0.3) is 5.91 Å². The maximum Gasteiger partial charge on any atom is 0.387 e. The number of carbonyl (C=O) groups excluding carboxylic acids is 1. The van der Waals surface area contributed by atoms with Gasteiger partial charge in [0.05, 0.1) is 5.69 Å². The summed E-state index contributed by atoms with van der Waals surface area (Å²) in [5.74, 6) is -0.462. The number of hydrogen-bond donors (Lipinski definition) is 2. The van der Waals surface area contributed by atoms with Crippen LogP contribution in [0.3, 0.4) is 0 Å². The Morgan fingerprint density at radius 2 is 1.88 bits per heavy atom. The third kappa shape index (κ3) is 3.75. The zero-order chi connectivity index (χ0) is 16.9. The Balaban J connectivity index is 1.73. The van der Waals surface area contributed by atoms with Gasteiger partial charge in [0.2, 0.25) is 0 Å². The molecule has 3 aromatic rings. The number of nitrogens with zero attached hydrogens (tertiary/aromatic N) is 1. The molecule has 24 heavy (non-hydrogen) atoms. The van der Waals surface area contributed by atoms with Crippen molar-refractivity contribution in [2.45, 2.75) is 6.61 Å². The molecule has 0 unspecified atom stereocenters. The van der Waals surface area contributed by atoms with Crippen molar-refractivity contribution in [1.29, 1.82) is 0 Å². The number of halogens is 2. The van der Waals surface area contributed by atoms with Crippen molar-refractivity contribution < 1.29 is 18.3 Å². The van der Waals surface area contributed by atoms with E-state index in [1.165, 1.54) is 18.2 Å². The van der Waals surface area contributed by atoms with Crippen LogP contribution in [-0.2, 0) is 0 Å². The fourth-order valence-electron chi connectivity index (χ4n) is 2.14. The van der Waals surface area contributed by atoms with E-state index in [-0.39, 0.29) is 11.4 Å². The van der Waals surface area contributed by atoms with Crippen molar-refractivity contribution in [3.8, 4) is 17.0 Å². The number of anilines is 1. The highest BCUT2D eigenvalue weighted by molar-refractivity contribution is 6.03. The number of ether oxygens (including phenoxy) is 1. The monoisotopic (exact) mass is 329 g/mol. The molecule has 1 heterocycles. The largest absolute Gasteiger partial charge is 0.435 e. The Morgan fingerprint density at radius 3 is 2.62 bits per heavy atom. The van der Waals surface area contributed by atoms with Crippen LogP contribution < -0.4 is 10.1 Å². The van der Waals surface area contributed by atoms with Crippen LogP contribution in [0, 0.1) is 0 Å². The fourth-order valence-corrected chi connectivity index (χ4v) is 2.14. The lowest BCUT2D eigenvalue weighted by atomic mass is 10.1. The van der Waals surface area contributed by atoms with E-state index in [1.807, 2.05) is 30.3 Å². The molecule has 2 N–H and O–H groups in total. The first-order valence-electron chi connectivity index (χ1n) is 7.09. The van der Waals surface area contributed by atoms with Gasteiger partial charge in [-0.3, -0.25) is 9.89 Å². The topological polar surface area (TPSA) is 67.0 Å². The summed E-state index contributed by atoms with van der Waals surface area (Å²) >= 11 is 0. The predicted molar refractivity (Wildman–Crippen MR) is 85.1 cm³/mol. The van der Waals surface area contributed by atoms with Gasteiger partial charge >= 0.3 is 6.61 Å². The Kier molecular flexibility index (Phi) is 4.51. The first-order chi connectivity index (χ1) is 11.6. The van der Waals surface area contributed by atoms with Crippen molar-refractivity contribution >= 4 is 11.6 Å². The average molecular weight is 329 g/mol. The van der Waals surface area contributed by atoms with Crippen LogP contribution in [-0.4, -0.2) is 22.7 Å². The highest BCUT2D eigenvalue weighted by Gasteiger charge is 2.12. The minimum absolute atomic E-state index is 0.0302. The molecule has 7 heteroatoms. The smallest absolute Gasteiger partial charge is 0.387 e. The van der Waals surface area contributed by atoms with E-state index in [0.29, 0.717) is 11.4 Å². The molecule has 0 bridgehead atoms. The standard InChI is InChI=1S/C17H13F2N3O2/c18-17(19)24-13-8-4-7-12(9-13)20-16(23)15-10-14(21-22-15)11-5-2-1-3-6-11/h1-10,17H,(H,20,23)(H,21,22). The number of carbonyl (C=O) groups is 1. The molecular weight excluding hydrogens is 316 g/mol. The van der Waals surface area contributed by atoms with E-state index in [9.17, 15) is 13.6 Å². The van der Waals surface area contributed by atoms with Gasteiger partial charge in [0, 0.05) is 17.3 Å². The van der Waals surface area contributed by atoms with E-state index < -0.39 is 12.5 Å². The molecule has 122 valence electrons. The summed E-state index contributed by atoms with van der Waals surface area (Å²) in [4.78, 5) is 12.2.